The molecule has 2 N–H and O–H groups in total. The number of benzene rings is 2. The largest absolute Gasteiger partial charge is 0.353 e. The average molecular weight is 351 g/mol. The minimum Gasteiger partial charge on any atom is -0.353 e. The van der Waals surface area contributed by atoms with E-state index in [1.165, 1.54) is 10.5 Å². The second-order valence-corrected chi connectivity index (χ2v) is 7.22. The summed E-state index contributed by atoms with van der Waals surface area (Å²) in [5.74, 6) is 0.284. The number of ketones is 1. The summed E-state index contributed by atoms with van der Waals surface area (Å²) < 4.78 is 0. The zero-order chi connectivity index (χ0) is 18.4. The summed E-state index contributed by atoms with van der Waals surface area (Å²) in [5, 5.41) is 3.14. The van der Waals surface area contributed by atoms with Crippen LogP contribution in [0.25, 0.3) is 0 Å². The number of aryl methyl sites for hydroxylation is 1. The second kappa shape index (κ2) is 8.77. The van der Waals surface area contributed by atoms with Gasteiger partial charge in [-0.05, 0) is 12.5 Å². The van der Waals surface area contributed by atoms with Gasteiger partial charge in [0.2, 0.25) is 11.7 Å². The Hall–Kier alpha value is -2.46. The Labute approximate surface area is 155 Å². The Bertz CT molecular complexity index is 732. The normalized spacial score (nSPS) is 19.7. The van der Waals surface area contributed by atoms with Crippen LogP contribution in [-0.2, 0) is 11.2 Å². The van der Waals surface area contributed by atoms with Crippen LogP contribution in [0.3, 0.4) is 0 Å². The monoisotopic (exact) mass is 351 g/mol. The lowest BCUT2D eigenvalue weighted by molar-refractivity contribution is -0.896. The van der Waals surface area contributed by atoms with Crippen molar-refractivity contribution in [3.8, 4) is 0 Å². The average Bonchev–Trinajstić information content (AvgIpc) is 2.64. The molecule has 4 heteroatoms. The zero-order valence-electron chi connectivity index (χ0n) is 15.3. The van der Waals surface area contributed by atoms with Crippen LogP contribution in [0, 0.1) is 6.92 Å². The van der Waals surface area contributed by atoms with Crippen molar-refractivity contribution < 1.29 is 14.5 Å². The van der Waals surface area contributed by atoms with Gasteiger partial charge in [-0.1, -0.05) is 60.2 Å². The summed E-state index contributed by atoms with van der Waals surface area (Å²) in [6.07, 6.45) is 2.29. The quantitative estimate of drug-likeness (QED) is 0.777. The van der Waals surface area contributed by atoms with Crippen molar-refractivity contribution in [1.29, 1.82) is 0 Å². The summed E-state index contributed by atoms with van der Waals surface area (Å²) in [7, 11) is 0. The van der Waals surface area contributed by atoms with E-state index < -0.39 is 0 Å². The smallest absolute Gasteiger partial charge is 0.224 e. The Morgan fingerprint density at radius 3 is 2.31 bits per heavy atom. The van der Waals surface area contributed by atoms with Gasteiger partial charge in [0, 0.05) is 24.4 Å². The highest BCUT2D eigenvalue weighted by atomic mass is 16.1. The van der Waals surface area contributed by atoms with E-state index in [-0.39, 0.29) is 17.7 Å². The number of nitrogens with one attached hydrogen (secondary N) is 2. The van der Waals surface area contributed by atoms with Crippen molar-refractivity contribution in [1.82, 2.24) is 5.32 Å². The van der Waals surface area contributed by atoms with Crippen LogP contribution < -0.4 is 10.2 Å². The topological polar surface area (TPSA) is 50.6 Å². The van der Waals surface area contributed by atoms with Crippen LogP contribution in [-0.4, -0.2) is 37.4 Å². The fourth-order valence-electron chi connectivity index (χ4n) is 3.48. The lowest BCUT2D eigenvalue weighted by Gasteiger charge is -2.29. The number of quaternary nitrogens is 1. The standard InChI is InChI=1S/C22H26N2O2/c1-17-7-9-19(10-8-17)21(25)16-24-13-11-20(12-14-24)23-22(26)15-18-5-3-2-4-6-18/h2-10,20H,11-16H2,1H3,(H,23,26)/p+1. The van der Waals surface area contributed by atoms with Gasteiger partial charge >= 0.3 is 0 Å². The molecule has 1 aliphatic heterocycles. The van der Waals surface area contributed by atoms with Crippen LogP contribution in [0.2, 0.25) is 0 Å². The lowest BCUT2D eigenvalue weighted by Crippen LogP contribution is -3.14. The molecule has 3 rings (SSSR count). The number of piperidine rings is 1. The van der Waals surface area contributed by atoms with E-state index in [1.54, 1.807) is 0 Å². The molecule has 1 fully saturated rings. The number of Topliss-reactive ketones (excluding diaryl/α,β-unsaturated/α-hetero) is 1. The first-order valence-corrected chi connectivity index (χ1v) is 9.37. The molecule has 1 amide bonds. The van der Waals surface area contributed by atoms with E-state index in [4.69, 9.17) is 0 Å². The fraction of sp³-hybridized carbons (Fsp3) is 0.364. The van der Waals surface area contributed by atoms with Gasteiger partial charge in [0.15, 0.2) is 0 Å². The van der Waals surface area contributed by atoms with Gasteiger partial charge in [-0.15, -0.1) is 0 Å². The molecule has 0 saturated carbocycles. The zero-order valence-corrected chi connectivity index (χ0v) is 15.3. The number of amides is 1. The van der Waals surface area contributed by atoms with Crippen LogP contribution in [0.15, 0.2) is 54.6 Å². The molecule has 2 aromatic rings. The molecular weight excluding hydrogens is 324 g/mol. The van der Waals surface area contributed by atoms with E-state index in [1.807, 2.05) is 61.5 Å². The molecule has 0 unspecified atom stereocenters. The molecule has 4 nitrogen and oxygen atoms in total. The number of carbonyl (C=O) groups excluding carboxylic acids is 2. The maximum Gasteiger partial charge on any atom is 0.224 e. The molecule has 0 bridgehead atoms. The molecule has 26 heavy (non-hydrogen) atoms. The van der Waals surface area contributed by atoms with Crippen molar-refractivity contribution in [3.63, 3.8) is 0 Å². The van der Waals surface area contributed by atoms with Gasteiger partial charge < -0.3 is 10.2 Å². The predicted molar refractivity (Wildman–Crippen MR) is 102 cm³/mol. The molecule has 1 saturated heterocycles. The number of carbonyl (C=O) groups is 2. The highest BCUT2D eigenvalue weighted by molar-refractivity contribution is 5.96. The molecule has 0 radical (unpaired) electrons. The van der Waals surface area contributed by atoms with Crippen LogP contribution >= 0.6 is 0 Å². The summed E-state index contributed by atoms with van der Waals surface area (Å²) in [4.78, 5) is 25.9. The van der Waals surface area contributed by atoms with Crippen molar-refractivity contribution in [2.24, 2.45) is 0 Å². The first-order chi connectivity index (χ1) is 12.6. The molecule has 0 atom stereocenters. The highest BCUT2D eigenvalue weighted by Gasteiger charge is 2.25. The summed E-state index contributed by atoms with van der Waals surface area (Å²) >= 11 is 0. The van der Waals surface area contributed by atoms with Gasteiger partial charge in [0.25, 0.3) is 0 Å². The van der Waals surface area contributed by atoms with Crippen LogP contribution in [0.1, 0.15) is 34.3 Å². The maximum absolute atomic E-state index is 12.4. The van der Waals surface area contributed by atoms with E-state index in [0.717, 1.165) is 37.1 Å². The SMILES string of the molecule is Cc1ccc(C(=O)C[NH+]2CCC(NC(=O)Cc3ccccc3)CC2)cc1. The van der Waals surface area contributed by atoms with Crippen LogP contribution in [0.5, 0.6) is 0 Å². The van der Waals surface area contributed by atoms with Gasteiger partial charge in [-0.2, -0.15) is 0 Å². The summed E-state index contributed by atoms with van der Waals surface area (Å²) in [5.41, 5.74) is 3.00. The Kier molecular flexibility index (Phi) is 6.18. The van der Waals surface area contributed by atoms with E-state index >= 15 is 0 Å². The van der Waals surface area contributed by atoms with E-state index in [0.29, 0.717) is 13.0 Å². The first-order valence-electron chi connectivity index (χ1n) is 9.37. The summed E-state index contributed by atoms with van der Waals surface area (Å²) in [6.45, 7) is 4.41. The Balaban J connectivity index is 1.42. The number of rotatable bonds is 6. The predicted octanol–water partition coefficient (Wildman–Crippen LogP) is 1.58. The molecule has 136 valence electrons. The van der Waals surface area contributed by atoms with Crippen molar-refractivity contribution in [2.75, 3.05) is 19.6 Å². The summed E-state index contributed by atoms with van der Waals surface area (Å²) in [6, 6.07) is 17.8. The molecule has 2 aromatic carbocycles. The minimum atomic E-state index is 0.0837. The Morgan fingerprint density at radius 2 is 1.65 bits per heavy atom. The third kappa shape index (κ3) is 5.27. The van der Waals surface area contributed by atoms with Gasteiger partial charge in [-0.3, -0.25) is 9.59 Å². The van der Waals surface area contributed by atoms with Crippen molar-refractivity contribution in [3.05, 3.63) is 71.3 Å². The second-order valence-electron chi connectivity index (χ2n) is 7.22. The third-order valence-corrected chi connectivity index (χ3v) is 5.05. The van der Waals surface area contributed by atoms with Crippen molar-refractivity contribution >= 4 is 11.7 Å². The molecule has 0 aromatic heterocycles. The van der Waals surface area contributed by atoms with Gasteiger partial charge in [0.05, 0.1) is 19.5 Å². The van der Waals surface area contributed by atoms with Crippen molar-refractivity contribution in [2.45, 2.75) is 32.2 Å². The fourth-order valence-corrected chi connectivity index (χ4v) is 3.48. The molecule has 1 heterocycles. The van der Waals surface area contributed by atoms with Gasteiger partial charge in [0.1, 0.15) is 6.54 Å². The number of hydrogen-bond donors (Lipinski definition) is 2. The number of hydrogen-bond acceptors (Lipinski definition) is 2. The highest BCUT2D eigenvalue weighted by Crippen LogP contribution is 2.05. The molecule has 0 aliphatic carbocycles. The van der Waals surface area contributed by atoms with E-state index in [2.05, 4.69) is 5.32 Å². The molecule has 1 aliphatic rings. The molecule has 0 spiro atoms. The maximum atomic E-state index is 12.4. The van der Waals surface area contributed by atoms with Crippen LogP contribution in [0.4, 0.5) is 0 Å². The lowest BCUT2D eigenvalue weighted by atomic mass is 10.0. The van der Waals surface area contributed by atoms with E-state index in [9.17, 15) is 9.59 Å². The minimum absolute atomic E-state index is 0.0837. The third-order valence-electron chi connectivity index (χ3n) is 5.05. The van der Waals surface area contributed by atoms with Gasteiger partial charge in [-0.25, -0.2) is 0 Å². The number of likely N-dealkylation sites (tertiary alicyclic amines) is 1. The molecular formula is C22H27N2O2+. The first kappa shape index (κ1) is 18.3. The Morgan fingerprint density at radius 1 is 1.00 bits per heavy atom.